The molecule has 0 radical (unpaired) electrons. The van der Waals surface area contributed by atoms with Gasteiger partial charge in [0.1, 0.15) is 11.5 Å². The second-order valence-electron chi connectivity index (χ2n) is 3.63. The Kier molecular flexibility index (Phi) is 3.23. The maximum Gasteiger partial charge on any atom is 0.121 e. The van der Waals surface area contributed by atoms with E-state index in [-0.39, 0.29) is 6.04 Å². The molecule has 0 fully saturated rings. The summed E-state index contributed by atoms with van der Waals surface area (Å²) >= 11 is 1.73. The van der Waals surface area contributed by atoms with Gasteiger partial charge in [-0.3, -0.25) is 0 Å². The van der Waals surface area contributed by atoms with Gasteiger partial charge in [-0.05, 0) is 54.9 Å². The number of hydrogen-bond acceptors (Lipinski definition) is 3. The maximum absolute atomic E-state index is 5.63. The molecule has 0 aliphatic rings. The SMILES string of the molecule is CNC(Cc1ccsc1)c1ccc(C)o1. The van der Waals surface area contributed by atoms with E-state index >= 15 is 0 Å². The zero-order valence-electron chi connectivity index (χ0n) is 8.99. The van der Waals surface area contributed by atoms with Crippen LogP contribution >= 0.6 is 11.3 Å². The van der Waals surface area contributed by atoms with Crippen LogP contribution in [0, 0.1) is 6.92 Å². The monoisotopic (exact) mass is 221 g/mol. The molecule has 0 saturated carbocycles. The van der Waals surface area contributed by atoms with Gasteiger partial charge in [-0.25, -0.2) is 0 Å². The van der Waals surface area contributed by atoms with Crippen LogP contribution in [0.1, 0.15) is 23.1 Å². The number of thiophene rings is 1. The minimum absolute atomic E-state index is 0.272. The molecule has 1 N–H and O–H groups in total. The van der Waals surface area contributed by atoms with Crippen LogP contribution in [-0.2, 0) is 6.42 Å². The number of nitrogens with one attached hydrogen (secondary N) is 1. The van der Waals surface area contributed by atoms with Crippen LogP contribution in [0.25, 0.3) is 0 Å². The van der Waals surface area contributed by atoms with E-state index in [1.54, 1.807) is 11.3 Å². The van der Waals surface area contributed by atoms with Crippen molar-refractivity contribution >= 4 is 11.3 Å². The molecule has 2 rings (SSSR count). The summed E-state index contributed by atoms with van der Waals surface area (Å²) in [6.07, 6.45) is 0.979. The van der Waals surface area contributed by atoms with Crippen molar-refractivity contribution in [1.29, 1.82) is 0 Å². The van der Waals surface area contributed by atoms with Gasteiger partial charge in [0.05, 0.1) is 6.04 Å². The molecule has 0 saturated heterocycles. The first-order valence-corrected chi connectivity index (χ1v) is 5.98. The molecule has 0 aliphatic carbocycles. The largest absolute Gasteiger partial charge is 0.465 e. The van der Waals surface area contributed by atoms with Crippen LogP contribution in [0.5, 0.6) is 0 Å². The van der Waals surface area contributed by atoms with Gasteiger partial charge in [0, 0.05) is 0 Å². The summed E-state index contributed by atoms with van der Waals surface area (Å²) in [5.41, 5.74) is 1.36. The third-order valence-corrected chi connectivity index (χ3v) is 3.21. The van der Waals surface area contributed by atoms with Crippen molar-refractivity contribution in [3.8, 4) is 0 Å². The van der Waals surface area contributed by atoms with E-state index in [1.807, 2.05) is 26.1 Å². The molecule has 2 aromatic rings. The lowest BCUT2D eigenvalue weighted by molar-refractivity contribution is 0.415. The molecular formula is C12H15NOS. The summed E-state index contributed by atoms with van der Waals surface area (Å²) in [7, 11) is 1.97. The summed E-state index contributed by atoms with van der Waals surface area (Å²) in [6, 6.07) is 6.48. The molecule has 0 amide bonds. The van der Waals surface area contributed by atoms with Gasteiger partial charge >= 0.3 is 0 Å². The molecule has 2 nitrogen and oxygen atoms in total. The molecule has 0 aliphatic heterocycles. The highest BCUT2D eigenvalue weighted by molar-refractivity contribution is 7.07. The molecular weight excluding hydrogens is 206 g/mol. The number of rotatable bonds is 4. The third-order valence-electron chi connectivity index (χ3n) is 2.47. The van der Waals surface area contributed by atoms with Crippen LogP contribution in [0.3, 0.4) is 0 Å². The second kappa shape index (κ2) is 4.64. The van der Waals surface area contributed by atoms with Gasteiger partial charge in [0.25, 0.3) is 0 Å². The first kappa shape index (κ1) is 10.5. The predicted molar refractivity (Wildman–Crippen MR) is 63.3 cm³/mol. The molecule has 80 valence electrons. The maximum atomic E-state index is 5.63. The molecule has 0 aromatic carbocycles. The zero-order chi connectivity index (χ0) is 10.7. The van der Waals surface area contributed by atoms with Crippen LogP contribution < -0.4 is 5.32 Å². The van der Waals surface area contributed by atoms with Crippen LogP contribution in [0.15, 0.2) is 33.4 Å². The van der Waals surface area contributed by atoms with Crippen molar-refractivity contribution in [3.63, 3.8) is 0 Å². The average molecular weight is 221 g/mol. The minimum Gasteiger partial charge on any atom is -0.465 e. The van der Waals surface area contributed by atoms with Gasteiger partial charge in [0.2, 0.25) is 0 Å². The molecule has 3 heteroatoms. The Bertz CT molecular complexity index is 405. The van der Waals surface area contributed by atoms with Gasteiger partial charge in [-0.1, -0.05) is 0 Å². The summed E-state index contributed by atoms with van der Waals surface area (Å²) < 4.78 is 5.63. The third kappa shape index (κ3) is 2.49. The van der Waals surface area contributed by atoms with E-state index in [0.29, 0.717) is 0 Å². The van der Waals surface area contributed by atoms with Crippen molar-refractivity contribution in [3.05, 3.63) is 46.0 Å². The second-order valence-corrected chi connectivity index (χ2v) is 4.41. The molecule has 2 aromatic heterocycles. The lowest BCUT2D eigenvalue weighted by atomic mass is 10.1. The van der Waals surface area contributed by atoms with Crippen LogP contribution in [0.2, 0.25) is 0 Å². The Morgan fingerprint density at radius 1 is 1.40 bits per heavy atom. The first-order valence-electron chi connectivity index (χ1n) is 5.04. The van der Waals surface area contributed by atoms with Crippen molar-refractivity contribution in [2.75, 3.05) is 7.05 Å². The standard InChI is InChI=1S/C12H15NOS/c1-9-3-4-12(14-9)11(13-2)7-10-5-6-15-8-10/h3-6,8,11,13H,7H2,1-2H3. The minimum atomic E-state index is 0.272. The van der Waals surface area contributed by atoms with E-state index in [2.05, 4.69) is 22.1 Å². The van der Waals surface area contributed by atoms with Crippen molar-refractivity contribution in [2.45, 2.75) is 19.4 Å². The number of furan rings is 1. The Balaban J connectivity index is 2.11. The smallest absolute Gasteiger partial charge is 0.121 e. The summed E-state index contributed by atoms with van der Waals surface area (Å²) in [6.45, 7) is 1.97. The topological polar surface area (TPSA) is 25.2 Å². The quantitative estimate of drug-likeness (QED) is 0.858. The number of hydrogen-bond donors (Lipinski definition) is 1. The fraction of sp³-hybridized carbons (Fsp3) is 0.333. The Morgan fingerprint density at radius 2 is 2.27 bits per heavy atom. The van der Waals surface area contributed by atoms with Crippen molar-refractivity contribution in [2.24, 2.45) is 0 Å². The molecule has 15 heavy (non-hydrogen) atoms. The average Bonchev–Trinajstić information content (AvgIpc) is 2.85. The summed E-state index contributed by atoms with van der Waals surface area (Å²) in [5.74, 6) is 1.98. The van der Waals surface area contributed by atoms with Gasteiger partial charge in [-0.2, -0.15) is 11.3 Å². The lowest BCUT2D eigenvalue weighted by Crippen LogP contribution is -2.17. The fourth-order valence-electron chi connectivity index (χ4n) is 1.63. The Hall–Kier alpha value is -1.06. The molecule has 0 bridgehead atoms. The van der Waals surface area contributed by atoms with E-state index < -0.39 is 0 Å². The zero-order valence-corrected chi connectivity index (χ0v) is 9.80. The van der Waals surface area contributed by atoms with Crippen LogP contribution in [0.4, 0.5) is 0 Å². The van der Waals surface area contributed by atoms with E-state index in [0.717, 1.165) is 17.9 Å². The predicted octanol–water partition coefficient (Wildman–Crippen LogP) is 3.15. The van der Waals surface area contributed by atoms with Crippen molar-refractivity contribution in [1.82, 2.24) is 5.32 Å². The first-order chi connectivity index (χ1) is 7.29. The Labute approximate surface area is 93.9 Å². The lowest BCUT2D eigenvalue weighted by Gasteiger charge is -2.12. The molecule has 0 spiro atoms. The molecule has 1 unspecified atom stereocenters. The van der Waals surface area contributed by atoms with Gasteiger partial charge in [-0.15, -0.1) is 0 Å². The normalized spacial score (nSPS) is 12.9. The summed E-state index contributed by atoms with van der Waals surface area (Å²) in [5, 5.41) is 7.57. The van der Waals surface area contributed by atoms with E-state index in [4.69, 9.17) is 4.42 Å². The number of aryl methyl sites for hydroxylation is 1. The van der Waals surface area contributed by atoms with E-state index in [9.17, 15) is 0 Å². The fourth-order valence-corrected chi connectivity index (χ4v) is 2.31. The van der Waals surface area contributed by atoms with Crippen molar-refractivity contribution < 1.29 is 4.42 Å². The van der Waals surface area contributed by atoms with Gasteiger partial charge < -0.3 is 9.73 Å². The highest BCUT2D eigenvalue weighted by atomic mass is 32.1. The summed E-state index contributed by atoms with van der Waals surface area (Å²) in [4.78, 5) is 0. The van der Waals surface area contributed by atoms with E-state index in [1.165, 1.54) is 5.56 Å². The Morgan fingerprint density at radius 3 is 2.80 bits per heavy atom. The van der Waals surface area contributed by atoms with Crippen LogP contribution in [-0.4, -0.2) is 7.05 Å². The van der Waals surface area contributed by atoms with Gasteiger partial charge in [0.15, 0.2) is 0 Å². The highest BCUT2D eigenvalue weighted by Crippen LogP contribution is 2.21. The highest BCUT2D eigenvalue weighted by Gasteiger charge is 2.13. The number of likely N-dealkylation sites (N-methyl/N-ethyl adjacent to an activating group) is 1. The molecule has 1 atom stereocenters. The molecule has 2 heterocycles.